The number of aliphatic imine (C=N–C) groups is 1. The van der Waals surface area contributed by atoms with Crippen LogP contribution in [0.25, 0.3) is 0 Å². The molecule has 1 saturated heterocycles. The second-order valence-corrected chi connectivity index (χ2v) is 12.1. The van der Waals surface area contributed by atoms with Gasteiger partial charge in [-0.2, -0.15) is 0 Å². The third-order valence-electron chi connectivity index (χ3n) is 6.93. The predicted octanol–water partition coefficient (Wildman–Crippen LogP) is 5.00. The number of pyridine rings is 1. The number of amides is 1. The minimum Gasteiger partial charge on any atom is -0.367 e. The van der Waals surface area contributed by atoms with Crippen LogP contribution in [0, 0.1) is 11.8 Å². The molecule has 2 aliphatic rings. The molecule has 1 amide bonds. The Hall–Kier alpha value is -2.61. The molecule has 3 rings (SSSR count). The lowest BCUT2D eigenvalue weighted by molar-refractivity contribution is -0.108. The van der Waals surface area contributed by atoms with Crippen LogP contribution in [0.2, 0.25) is 0 Å². The summed E-state index contributed by atoms with van der Waals surface area (Å²) in [4.78, 5) is 36.6. The van der Waals surface area contributed by atoms with Crippen LogP contribution in [0.5, 0.6) is 0 Å². The maximum absolute atomic E-state index is 13.4. The highest BCUT2D eigenvalue weighted by molar-refractivity contribution is 8.13. The summed E-state index contributed by atoms with van der Waals surface area (Å²) >= 11 is 1.09. The van der Waals surface area contributed by atoms with Crippen LogP contribution in [0.4, 0.5) is 5.82 Å². The summed E-state index contributed by atoms with van der Waals surface area (Å²) in [6.07, 6.45) is 4.68. The SMILES string of the molecule is C=C/C1=N\C(=C)NC(CC=O)CC(C)C2CN(c3nc(C(C)(C)C)ccc3C(=O)NS1)C(C)(C)C2. The van der Waals surface area contributed by atoms with E-state index in [4.69, 9.17) is 4.98 Å². The molecule has 0 aliphatic carbocycles. The fourth-order valence-corrected chi connectivity index (χ4v) is 5.48. The van der Waals surface area contributed by atoms with Gasteiger partial charge in [-0.15, -0.1) is 0 Å². The first-order valence-corrected chi connectivity index (χ1v) is 13.0. The summed E-state index contributed by atoms with van der Waals surface area (Å²) in [6.45, 7) is 21.7. The second kappa shape index (κ2) is 10.6. The molecular formula is C27H39N5O2S. The van der Waals surface area contributed by atoms with Gasteiger partial charge in [0.2, 0.25) is 0 Å². The van der Waals surface area contributed by atoms with Crippen LogP contribution in [-0.2, 0) is 10.2 Å². The molecule has 0 aromatic carbocycles. The zero-order chi connectivity index (χ0) is 26.0. The Bertz CT molecular complexity index is 1030. The molecule has 35 heavy (non-hydrogen) atoms. The van der Waals surface area contributed by atoms with Crippen molar-refractivity contribution in [2.24, 2.45) is 16.8 Å². The smallest absolute Gasteiger partial charge is 0.265 e. The fraction of sp³-hybridized carbons (Fsp3) is 0.556. The van der Waals surface area contributed by atoms with E-state index in [0.29, 0.717) is 40.5 Å². The Balaban J connectivity index is 2.10. The van der Waals surface area contributed by atoms with Crippen molar-refractivity contribution in [1.82, 2.24) is 15.0 Å². The Morgan fingerprint density at radius 2 is 2.03 bits per heavy atom. The summed E-state index contributed by atoms with van der Waals surface area (Å²) in [6, 6.07) is 3.76. The van der Waals surface area contributed by atoms with Crippen molar-refractivity contribution in [3.05, 3.63) is 48.4 Å². The van der Waals surface area contributed by atoms with Gasteiger partial charge in [0.05, 0.1) is 5.56 Å². The van der Waals surface area contributed by atoms with Crippen molar-refractivity contribution in [1.29, 1.82) is 0 Å². The Morgan fingerprint density at radius 3 is 2.66 bits per heavy atom. The Labute approximate surface area is 214 Å². The lowest BCUT2D eigenvalue weighted by Crippen LogP contribution is -2.40. The number of aldehydes is 1. The summed E-state index contributed by atoms with van der Waals surface area (Å²) in [5.41, 5.74) is 1.17. The van der Waals surface area contributed by atoms with Gasteiger partial charge in [-0.05, 0) is 56.7 Å². The van der Waals surface area contributed by atoms with Gasteiger partial charge >= 0.3 is 0 Å². The molecule has 0 radical (unpaired) electrons. The van der Waals surface area contributed by atoms with E-state index in [9.17, 15) is 9.59 Å². The number of hydrogen-bond donors (Lipinski definition) is 2. The fourth-order valence-electron chi connectivity index (χ4n) is 4.94. The standard InChI is InChI=1S/C27H39N5O2S/c1-9-23-29-18(3)28-20(12-13-33)14-17(2)19-15-27(7,8)32(16-19)24-21(25(34)31-35-23)10-11-22(30-24)26(4,5)6/h9-11,13,17,19-20,28H,1,3,12,14-16H2,2,4-8H3,(H,31,34)/b29-23+. The highest BCUT2D eigenvalue weighted by atomic mass is 32.2. The van der Waals surface area contributed by atoms with Gasteiger partial charge in [-0.1, -0.05) is 40.9 Å². The van der Waals surface area contributed by atoms with E-state index in [-0.39, 0.29) is 22.9 Å². The molecule has 3 heterocycles. The number of carbonyl (C=O) groups excluding carboxylic acids is 2. The largest absolute Gasteiger partial charge is 0.367 e. The van der Waals surface area contributed by atoms with Gasteiger partial charge in [-0.25, -0.2) is 9.98 Å². The number of nitrogens with one attached hydrogen (secondary N) is 2. The molecule has 2 N–H and O–H groups in total. The molecule has 8 heteroatoms. The zero-order valence-corrected chi connectivity index (χ0v) is 22.7. The van der Waals surface area contributed by atoms with Gasteiger partial charge in [0.15, 0.2) is 0 Å². The first-order chi connectivity index (χ1) is 16.4. The summed E-state index contributed by atoms with van der Waals surface area (Å²) < 4.78 is 2.90. The van der Waals surface area contributed by atoms with Crippen LogP contribution >= 0.6 is 11.9 Å². The third kappa shape index (κ3) is 6.34. The molecule has 2 bridgehead atoms. The molecule has 1 aromatic heterocycles. The molecule has 3 unspecified atom stereocenters. The number of anilines is 1. The van der Waals surface area contributed by atoms with E-state index in [0.717, 1.165) is 43.3 Å². The van der Waals surface area contributed by atoms with Crippen molar-refractivity contribution >= 4 is 35.0 Å². The van der Waals surface area contributed by atoms with E-state index in [1.165, 1.54) is 0 Å². The number of fused-ring (bicyclic) bond motifs is 4. The molecule has 0 saturated carbocycles. The van der Waals surface area contributed by atoms with Crippen LogP contribution in [0.1, 0.15) is 76.9 Å². The third-order valence-corrected chi connectivity index (χ3v) is 7.69. The lowest BCUT2D eigenvalue weighted by Gasteiger charge is -2.34. The zero-order valence-electron chi connectivity index (χ0n) is 21.9. The Morgan fingerprint density at radius 1 is 1.31 bits per heavy atom. The average molecular weight is 498 g/mol. The van der Waals surface area contributed by atoms with Crippen LogP contribution < -0.4 is 14.9 Å². The quantitative estimate of drug-likeness (QED) is 0.451. The molecule has 190 valence electrons. The van der Waals surface area contributed by atoms with Crippen LogP contribution in [-0.4, -0.2) is 40.3 Å². The van der Waals surface area contributed by atoms with E-state index >= 15 is 0 Å². The number of rotatable bonds is 3. The molecule has 7 nitrogen and oxygen atoms in total. The first kappa shape index (κ1) is 27.0. The van der Waals surface area contributed by atoms with E-state index in [2.05, 4.69) is 74.6 Å². The topological polar surface area (TPSA) is 86.7 Å². The van der Waals surface area contributed by atoms with Gasteiger partial charge in [0, 0.05) is 47.6 Å². The number of nitrogens with zero attached hydrogens (tertiary/aromatic N) is 3. The normalized spacial score (nSPS) is 26.9. The van der Waals surface area contributed by atoms with E-state index in [1.807, 2.05) is 12.1 Å². The molecule has 3 atom stereocenters. The second-order valence-electron chi connectivity index (χ2n) is 11.3. The predicted molar refractivity (Wildman–Crippen MR) is 146 cm³/mol. The number of hydrogen-bond acceptors (Lipinski definition) is 7. The van der Waals surface area contributed by atoms with Crippen molar-refractivity contribution in [3.63, 3.8) is 0 Å². The van der Waals surface area contributed by atoms with Crippen molar-refractivity contribution < 1.29 is 9.59 Å². The maximum Gasteiger partial charge on any atom is 0.265 e. The Kier molecular flexibility index (Phi) is 8.14. The lowest BCUT2D eigenvalue weighted by atomic mass is 9.83. The molecule has 1 fully saturated rings. The highest BCUT2D eigenvalue weighted by Gasteiger charge is 2.43. The summed E-state index contributed by atoms with van der Waals surface area (Å²) in [5, 5.41) is 3.81. The average Bonchev–Trinajstić information content (AvgIpc) is 3.09. The molecular weight excluding hydrogens is 458 g/mol. The number of aromatic nitrogens is 1. The van der Waals surface area contributed by atoms with Gasteiger partial charge in [-0.3, -0.25) is 9.52 Å². The maximum atomic E-state index is 13.4. The molecule has 0 spiro atoms. The van der Waals surface area contributed by atoms with Gasteiger partial charge < -0.3 is 15.0 Å². The summed E-state index contributed by atoms with van der Waals surface area (Å²) in [5.74, 6) is 1.66. The number of carbonyl (C=O) groups is 2. The minimum absolute atomic E-state index is 0.0652. The summed E-state index contributed by atoms with van der Waals surface area (Å²) in [7, 11) is 0. The van der Waals surface area contributed by atoms with E-state index in [1.54, 1.807) is 6.08 Å². The van der Waals surface area contributed by atoms with Crippen LogP contribution in [0.15, 0.2) is 42.2 Å². The monoisotopic (exact) mass is 497 g/mol. The van der Waals surface area contributed by atoms with Gasteiger partial charge in [0.25, 0.3) is 5.91 Å². The highest BCUT2D eigenvalue weighted by Crippen LogP contribution is 2.42. The van der Waals surface area contributed by atoms with Gasteiger partial charge in [0.1, 0.15) is 23.0 Å². The van der Waals surface area contributed by atoms with Crippen molar-refractivity contribution in [2.75, 3.05) is 11.4 Å². The molecule has 1 aromatic rings. The van der Waals surface area contributed by atoms with Crippen molar-refractivity contribution in [3.8, 4) is 0 Å². The minimum atomic E-state index is -0.230. The van der Waals surface area contributed by atoms with Crippen LogP contribution in [0.3, 0.4) is 0 Å². The first-order valence-electron chi connectivity index (χ1n) is 12.2. The van der Waals surface area contributed by atoms with Crippen molar-refractivity contribution in [2.45, 2.75) is 77.8 Å². The van der Waals surface area contributed by atoms with E-state index < -0.39 is 0 Å². The molecule has 2 aliphatic heterocycles.